The predicted molar refractivity (Wildman–Crippen MR) is 99.9 cm³/mol. The Morgan fingerprint density at radius 1 is 1.36 bits per heavy atom. The predicted octanol–water partition coefficient (Wildman–Crippen LogP) is 2.33. The molecule has 2 aromatic heterocycles. The minimum Gasteiger partial charge on any atom is -0.361 e. The SMILES string of the molecule is Cc1nc(CC(=O)N2CCC[C@@H](Cc3nccnc3N(C)C)C2)cs1. The fourth-order valence-electron chi connectivity index (χ4n) is 3.36. The number of aryl methyl sites for hydroxylation is 1. The molecule has 3 heterocycles. The first-order valence-electron chi connectivity index (χ1n) is 8.69. The van der Waals surface area contributed by atoms with E-state index in [1.807, 2.05) is 36.2 Å². The van der Waals surface area contributed by atoms with E-state index in [0.717, 1.165) is 54.6 Å². The standard InChI is InChI=1S/C18H25N5OS/c1-13-21-15(12-25-13)10-17(24)23-8-4-5-14(11-23)9-16-18(22(2)3)20-7-6-19-16/h6-7,12,14H,4-5,8-11H2,1-3H3/t14-/m0/s1. The van der Waals surface area contributed by atoms with E-state index in [4.69, 9.17) is 0 Å². The van der Waals surface area contributed by atoms with Gasteiger partial charge in [0.2, 0.25) is 5.91 Å². The van der Waals surface area contributed by atoms with E-state index < -0.39 is 0 Å². The summed E-state index contributed by atoms with van der Waals surface area (Å²) in [6.07, 6.45) is 6.92. The summed E-state index contributed by atoms with van der Waals surface area (Å²) in [4.78, 5) is 30.0. The van der Waals surface area contributed by atoms with Crippen LogP contribution >= 0.6 is 11.3 Å². The summed E-state index contributed by atoms with van der Waals surface area (Å²) in [5.74, 6) is 1.54. The summed E-state index contributed by atoms with van der Waals surface area (Å²) in [5, 5.41) is 3.00. The molecule has 0 radical (unpaired) electrons. The van der Waals surface area contributed by atoms with Gasteiger partial charge in [-0.1, -0.05) is 0 Å². The molecule has 25 heavy (non-hydrogen) atoms. The molecule has 0 aromatic carbocycles. The topological polar surface area (TPSA) is 62.2 Å². The number of thiazole rings is 1. The third kappa shape index (κ3) is 4.54. The summed E-state index contributed by atoms with van der Waals surface area (Å²) in [6.45, 7) is 3.61. The number of carbonyl (C=O) groups excluding carboxylic acids is 1. The molecule has 134 valence electrons. The highest BCUT2D eigenvalue weighted by Gasteiger charge is 2.25. The van der Waals surface area contributed by atoms with Gasteiger partial charge in [-0.25, -0.2) is 9.97 Å². The van der Waals surface area contributed by atoms with E-state index in [9.17, 15) is 4.79 Å². The van der Waals surface area contributed by atoms with Crippen LogP contribution in [0.15, 0.2) is 17.8 Å². The lowest BCUT2D eigenvalue weighted by atomic mass is 9.93. The summed E-state index contributed by atoms with van der Waals surface area (Å²) >= 11 is 1.60. The van der Waals surface area contributed by atoms with Crippen molar-refractivity contribution in [2.45, 2.75) is 32.6 Å². The van der Waals surface area contributed by atoms with Crippen molar-refractivity contribution in [3.8, 4) is 0 Å². The molecule has 6 nitrogen and oxygen atoms in total. The second kappa shape index (κ2) is 7.91. The van der Waals surface area contributed by atoms with Crippen LogP contribution in [0.4, 0.5) is 5.82 Å². The molecule has 1 aliphatic heterocycles. The van der Waals surface area contributed by atoms with Crippen LogP contribution in [0.2, 0.25) is 0 Å². The molecule has 0 spiro atoms. The molecule has 1 fully saturated rings. The molecule has 1 amide bonds. The summed E-state index contributed by atoms with van der Waals surface area (Å²) < 4.78 is 0. The molecule has 2 aromatic rings. The number of hydrogen-bond donors (Lipinski definition) is 0. The normalized spacial score (nSPS) is 17.6. The molecule has 0 bridgehead atoms. The number of anilines is 1. The maximum Gasteiger partial charge on any atom is 0.228 e. The van der Waals surface area contributed by atoms with Crippen LogP contribution in [0, 0.1) is 12.8 Å². The highest BCUT2D eigenvalue weighted by atomic mass is 32.1. The quantitative estimate of drug-likeness (QED) is 0.820. The monoisotopic (exact) mass is 359 g/mol. The molecule has 0 unspecified atom stereocenters. The molecule has 3 rings (SSSR count). The first kappa shape index (κ1) is 17.8. The lowest BCUT2D eigenvalue weighted by molar-refractivity contribution is -0.132. The van der Waals surface area contributed by atoms with Crippen LogP contribution in [0.5, 0.6) is 0 Å². The van der Waals surface area contributed by atoms with Gasteiger partial charge in [-0.3, -0.25) is 9.78 Å². The van der Waals surface area contributed by atoms with Crippen molar-refractivity contribution in [1.82, 2.24) is 19.9 Å². The Kier molecular flexibility index (Phi) is 5.63. The third-order valence-corrected chi connectivity index (χ3v) is 5.35. The Hall–Kier alpha value is -2.02. The number of hydrogen-bond acceptors (Lipinski definition) is 6. The minimum absolute atomic E-state index is 0.182. The number of likely N-dealkylation sites (tertiary alicyclic amines) is 1. The van der Waals surface area contributed by atoms with Crippen molar-refractivity contribution < 1.29 is 4.79 Å². The van der Waals surface area contributed by atoms with Gasteiger partial charge in [-0.2, -0.15) is 0 Å². The van der Waals surface area contributed by atoms with E-state index in [1.54, 1.807) is 23.7 Å². The summed E-state index contributed by atoms with van der Waals surface area (Å²) in [5.41, 5.74) is 1.90. The second-order valence-electron chi connectivity index (χ2n) is 6.81. The van der Waals surface area contributed by atoms with Gasteiger partial charge in [0.15, 0.2) is 0 Å². The molecular formula is C18H25N5OS. The molecule has 0 saturated carbocycles. The van der Waals surface area contributed by atoms with Gasteiger partial charge in [0, 0.05) is 45.0 Å². The van der Waals surface area contributed by atoms with Gasteiger partial charge in [0.05, 0.1) is 22.8 Å². The number of aromatic nitrogens is 3. The Labute approximate surface area is 152 Å². The van der Waals surface area contributed by atoms with E-state index in [-0.39, 0.29) is 5.91 Å². The first-order chi connectivity index (χ1) is 12.0. The van der Waals surface area contributed by atoms with E-state index in [2.05, 4.69) is 15.0 Å². The van der Waals surface area contributed by atoms with E-state index in [1.165, 1.54) is 0 Å². The highest BCUT2D eigenvalue weighted by Crippen LogP contribution is 2.24. The Morgan fingerprint density at radius 3 is 2.88 bits per heavy atom. The van der Waals surface area contributed by atoms with Crippen molar-refractivity contribution >= 4 is 23.1 Å². The van der Waals surface area contributed by atoms with Crippen LogP contribution in [-0.2, 0) is 17.6 Å². The Morgan fingerprint density at radius 2 is 2.16 bits per heavy atom. The van der Waals surface area contributed by atoms with Gasteiger partial charge >= 0.3 is 0 Å². The highest BCUT2D eigenvalue weighted by molar-refractivity contribution is 7.09. The van der Waals surface area contributed by atoms with Crippen LogP contribution in [0.3, 0.4) is 0 Å². The number of amides is 1. The van der Waals surface area contributed by atoms with Crippen molar-refractivity contribution in [3.63, 3.8) is 0 Å². The summed E-state index contributed by atoms with van der Waals surface area (Å²) in [6, 6.07) is 0. The Bertz CT molecular complexity index is 730. The molecule has 0 N–H and O–H groups in total. The second-order valence-corrected chi connectivity index (χ2v) is 7.87. The van der Waals surface area contributed by atoms with Gasteiger partial charge in [-0.15, -0.1) is 11.3 Å². The smallest absolute Gasteiger partial charge is 0.228 e. The molecule has 1 aliphatic rings. The van der Waals surface area contributed by atoms with E-state index in [0.29, 0.717) is 12.3 Å². The molecule has 1 saturated heterocycles. The lowest BCUT2D eigenvalue weighted by Crippen LogP contribution is -2.41. The zero-order chi connectivity index (χ0) is 17.8. The van der Waals surface area contributed by atoms with Gasteiger partial charge < -0.3 is 9.80 Å². The largest absolute Gasteiger partial charge is 0.361 e. The fraction of sp³-hybridized carbons (Fsp3) is 0.556. The maximum atomic E-state index is 12.6. The van der Waals surface area contributed by atoms with Crippen LogP contribution < -0.4 is 4.90 Å². The minimum atomic E-state index is 0.182. The van der Waals surface area contributed by atoms with Crippen molar-refractivity contribution in [2.75, 3.05) is 32.1 Å². The van der Waals surface area contributed by atoms with Gasteiger partial charge in [-0.05, 0) is 32.1 Å². The van der Waals surface area contributed by atoms with Crippen molar-refractivity contribution in [3.05, 3.63) is 34.2 Å². The summed E-state index contributed by atoms with van der Waals surface area (Å²) in [7, 11) is 3.97. The van der Waals surface area contributed by atoms with Crippen molar-refractivity contribution in [1.29, 1.82) is 0 Å². The molecule has 7 heteroatoms. The van der Waals surface area contributed by atoms with Gasteiger partial charge in [0.25, 0.3) is 0 Å². The Balaban J connectivity index is 1.62. The van der Waals surface area contributed by atoms with Crippen LogP contribution in [0.1, 0.15) is 29.2 Å². The number of nitrogens with zero attached hydrogens (tertiary/aromatic N) is 5. The maximum absolute atomic E-state index is 12.6. The number of carbonyl (C=O) groups is 1. The first-order valence-corrected chi connectivity index (χ1v) is 9.57. The van der Waals surface area contributed by atoms with Crippen LogP contribution in [0.25, 0.3) is 0 Å². The number of piperidine rings is 1. The van der Waals surface area contributed by atoms with Crippen LogP contribution in [-0.4, -0.2) is 52.9 Å². The fourth-order valence-corrected chi connectivity index (χ4v) is 3.98. The molecule has 0 aliphatic carbocycles. The zero-order valence-corrected chi connectivity index (χ0v) is 15.9. The third-order valence-electron chi connectivity index (χ3n) is 4.53. The lowest BCUT2D eigenvalue weighted by Gasteiger charge is -2.33. The average Bonchev–Trinajstić information content (AvgIpc) is 3.00. The average molecular weight is 359 g/mol. The van der Waals surface area contributed by atoms with Gasteiger partial charge in [0.1, 0.15) is 5.82 Å². The van der Waals surface area contributed by atoms with E-state index >= 15 is 0 Å². The van der Waals surface area contributed by atoms with Crippen molar-refractivity contribution in [2.24, 2.45) is 5.92 Å². The zero-order valence-electron chi connectivity index (χ0n) is 15.1. The molecular weight excluding hydrogens is 334 g/mol. The molecule has 1 atom stereocenters. The number of rotatable bonds is 5.